The lowest BCUT2D eigenvalue weighted by atomic mass is 10.1. The van der Waals surface area contributed by atoms with Crippen LogP contribution in [-0.2, 0) is 13.1 Å². The Kier molecular flexibility index (Phi) is 5.49. The zero-order valence-corrected chi connectivity index (χ0v) is 11.9. The third-order valence-corrected chi connectivity index (χ3v) is 3.30. The lowest BCUT2D eigenvalue weighted by Gasteiger charge is -2.22. The number of hydrogen-bond acceptors (Lipinski definition) is 3. The van der Waals surface area contributed by atoms with Gasteiger partial charge in [0.05, 0.1) is 5.56 Å². The van der Waals surface area contributed by atoms with Gasteiger partial charge in [0, 0.05) is 26.2 Å². The second-order valence-electron chi connectivity index (χ2n) is 4.99. The van der Waals surface area contributed by atoms with Crippen LogP contribution in [0.1, 0.15) is 21.5 Å². The summed E-state index contributed by atoms with van der Waals surface area (Å²) in [4.78, 5) is 13.1. The number of carboxylic acid groups (broad SMARTS) is 1. The van der Waals surface area contributed by atoms with Gasteiger partial charge in [-0.05, 0) is 23.3 Å². The average Bonchev–Trinajstić information content (AvgIpc) is 2.49. The van der Waals surface area contributed by atoms with Gasteiger partial charge >= 0.3 is 5.97 Å². The number of carbonyl (C=O) groups is 1. The second kappa shape index (κ2) is 7.57. The van der Waals surface area contributed by atoms with Crippen LogP contribution in [0.3, 0.4) is 0 Å². The number of nitrogens with two attached hydrogens (primary N) is 1. The third-order valence-electron chi connectivity index (χ3n) is 3.30. The van der Waals surface area contributed by atoms with Gasteiger partial charge in [0.1, 0.15) is 0 Å². The van der Waals surface area contributed by atoms with Gasteiger partial charge in [-0.25, -0.2) is 4.79 Å². The van der Waals surface area contributed by atoms with E-state index >= 15 is 0 Å². The van der Waals surface area contributed by atoms with Crippen molar-refractivity contribution in [2.24, 2.45) is 5.73 Å². The van der Waals surface area contributed by atoms with Crippen LogP contribution in [0, 0.1) is 0 Å². The Balaban J connectivity index is 2.03. The summed E-state index contributed by atoms with van der Waals surface area (Å²) in [6, 6.07) is 17.2. The van der Waals surface area contributed by atoms with Crippen LogP contribution in [0.15, 0.2) is 54.6 Å². The number of aromatic carboxylic acids is 1. The molecule has 0 fully saturated rings. The van der Waals surface area contributed by atoms with Crippen molar-refractivity contribution in [3.8, 4) is 0 Å². The topological polar surface area (TPSA) is 66.6 Å². The molecule has 2 aromatic carbocycles. The van der Waals surface area contributed by atoms with Crippen LogP contribution in [0.4, 0.5) is 0 Å². The summed E-state index contributed by atoms with van der Waals surface area (Å²) < 4.78 is 0. The highest BCUT2D eigenvalue weighted by Crippen LogP contribution is 2.11. The number of nitrogens with zero attached hydrogens (tertiary/aromatic N) is 1. The van der Waals surface area contributed by atoms with Crippen LogP contribution < -0.4 is 5.73 Å². The minimum Gasteiger partial charge on any atom is -0.478 e. The molecule has 4 heteroatoms. The fourth-order valence-electron chi connectivity index (χ4n) is 2.25. The fourth-order valence-corrected chi connectivity index (χ4v) is 2.25. The maximum atomic E-state index is 10.9. The molecule has 0 spiro atoms. The van der Waals surface area contributed by atoms with Gasteiger partial charge < -0.3 is 10.8 Å². The normalized spacial score (nSPS) is 10.8. The minimum absolute atomic E-state index is 0.312. The Morgan fingerprint density at radius 2 is 1.52 bits per heavy atom. The quantitative estimate of drug-likeness (QED) is 0.819. The van der Waals surface area contributed by atoms with E-state index in [1.165, 1.54) is 5.56 Å². The first kappa shape index (κ1) is 15.2. The Morgan fingerprint density at radius 3 is 2.05 bits per heavy atom. The molecule has 2 aromatic rings. The third kappa shape index (κ3) is 4.70. The molecule has 0 unspecified atom stereocenters. The van der Waals surface area contributed by atoms with E-state index in [4.69, 9.17) is 10.8 Å². The Hall–Kier alpha value is -2.17. The molecule has 0 heterocycles. The highest BCUT2D eigenvalue weighted by Gasteiger charge is 2.07. The van der Waals surface area contributed by atoms with Gasteiger partial charge in [0.2, 0.25) is 0 Å². The molecule has 0 aliphatic rings. The molecule has 2 rings (SSSR count). The van der Waals surface area contributed by atoms with E-state index in [1.807, 2.05) is 30.3 Å². The van der Waals surface area contributed by atoms with Gasteiger partial charge in [0.25, 0.3) is 0 Å². The smallest absolute Gasteiger partial charge is 0.335 e. The van der Waals surface area contributed by atoms with Gasteiger partial charge in [-0.15, -0.1) is 0 Å². The van der Waals surface area contributed by atoms with Crippen molar-refractivity contribution in [1.82, 2.24) is 4.90 Å². The molecule has 0 radical (unpaired) electrons. The monoisotopic (exact) mass is 284 g/mol. The highest BCUT2D eigenvalue weighted by molar-refractivity contribution is 5.87. The predicted molar refractivity (Wildman–Crippen MR) is 83.0 cm³/mol. The summed E-state index contributed by atoms with van der Waals surface area (Å²) in [6.07, 6.45) is 0. The number of carboxylic acids is 1. The van der Waals surface area contributed by atoms with Crippen molar-refractivity contribution in [2.45, 2.75) is 13.1 Å². The van der Waals surface area contributed by atoms with E-state index in [1.54, 1.807) is 12.1 Å². The highest BCUT2D eigenvalue weighted by atomic mass is 16.4. The molecule has 0 amide bonds. The van der Waals surface area contributed by atoms with Crippen molar-refractivity contribution in [1.29, 1.82) is 0 Å². The molecule has 4 nitrogen and oxygen atoms in total. The van der Waals surface area contributed by atoms with Gasteiger partial charge in [-0.3, -0.25) is 4.90 Å². The standard InChI is InChI=1S/C17H20N2O2/c18-10-11-19(12-14-4-2-1-3-5-14)13-15-6-8-16(9-7-15)17(20)21/h1-9H,10-13,18H2,(H,20,21). The molecular formula is C17H20N2O2. The number of rotatable bonds is 7. The summed E-state index contributed by atoms with van der Waals surface area (Å²) in [5.74, 6) is -0.898. The molecule has 0 aliphatic heterocycles. The van der Waals surface area contributed by atoms with Crippen LogP contribution in [-0.4, -0.2) is 29.1 Å². The summed E-state index contributed by atoms with van der Waals surface area (Å²) in [6.45, 7) is 2.99. The molecule has 21 heavy (non-hydrogen) atoms. The van der Waals surface area contributed by atoms with Crippen LogP contribution in [0.25, 0.3) is 0 Å². The van der Waals surface area contributed by atoms with Crippen LogP contribution in [0.2, 0.25) is 0 Å². The average molecular weight is 284 g/mol. The molecule has 0 saturated heterocycles. The van der Waals surface area contributed by atoms with Crippen molar-refractivity contribution < 1.29 is 9.90 Å². The summed E-state index contributed by atoms with van der Waals surface area (Å²) >= 11 is 0. The summed E-state index contributed by atoms with van der Waals surface area (Å²) in [7, 11) is 0. The lowest BCUT2D eigenvalue weighted by molar-refractivity contribution is 0.0697. The van der Waals surface area contributed by atoms with Crippen LogP contribution >= 0.6 is 0 Å². The molecule has 0 aliphatic carbocycles. The molecule has 3 N–H and O–H groups in total. The first-order chi connectivity index (χ1) is 10.2. The molecule has 110 valence electrons. The Labute approximate surface area is 124 Å². The fraction of sp³-hybridized carbons (Fsp3) is 0.235. The van der Waals surface area contributed by atoms with E-state index in [-0.39, 0.29) is 0 Å². The number of hydrogen-bond donors (Lipinski definition) is 2. The van der Waals surface area contributed by atoms with Gasteiger partial charge in [0.15, 0.2) is 0 Å². The minimum atomic E-state index is -0.898. The van der Waals surface area contributed by atoms with Gasteiger partial charge in [-0.2, -0.15) is 0 Å². The summed E-state index contributed by atoms with van der Waals surface area (Å²) in [5.41, 5.74) is 8.32. The van der Waals surface area contributed by atoms with Crippen molar-refractivity contribution >= 4 is 5.97 Å². The van der Waals surface area contributed by atoms with Crippen molar-refractivity contribution in [3.05, 3.63) is 71.3 Å². The largest absolute Gasteiger partial charge is 0.478 e. The van der Waals surface area contributed by atoms with E-state index in [0.717, 1.165) is 25.2 Å². The first-order valence-corrected chi connectivity index (χ1v) is 6.97. The van der Waals surface area contributed by atoms with Crippen LogP contribution in [0.5, 0.6) is 0 Å². The molecule has 0 saturated carbocycles. The molecular weight excluding hydrogens is 264 g/mol. The lowest BCUT2D eigenvalue weighted by Crippen LogP contribution is -2.28. The maximum Gasteiger partial charge on any atom is 0.335 e. The molecule has 0 aromatic heterocycles. The predicted octanol–water partition coefficient (Wildman–Crippen LogP) is 2.35. The second-order valence-corrected chi connectivity index (χ2v) is 4.99. The SMILES string of the molecule is NCCN(Cc1ccccc1)Cc1ccc(C(=O)O)cc1. The Bertz CT molecular complexity index is 567. The summed E-state index contributed by atoms with van der Waals surface area (Å²) in [5, 5.41) is 8.91. The first-order valence-electron chi connectivity index (χ1n) is 6.97. The number of benzene rings is 2. The van der Waals surface area contributed by atoms with E-state index < -0.39 is 5.97 Å². The van der Waals surface area contributed by atoms with Crippen molar-refractivity contribution in [3.63, 3.8) is 0 Å². The zero-order chi connectivity index (χ0) is 15.1. The van der Waals surface area contributed by atoms with E-state index in [2.05, 4.69) is 17.0 Å². The Morgan fingerprint density at radius 1 is 0.952 bits per heavy atom. The maximum absolute atomic E-state index is 10.9. The van der Waals surface area contributed by atoms with Gasteiger partial charge in [-0.1, -0.05) is 42.5 Å². The van der Waals surface area contributed by atoms with Crippen molar-refractivity contribution in [2.75, 3.05) is 13.1 Å². The van der Waals surface area contributed by atoms with E-state index in [0.29, 0.717) is 12.1 Å². The molecule has 0 bridgehead atoms. The van der Waals surface area contributed by atoms with E-state index in [9.17, 15) is 4.79 Å². The molecule has 0 atom stereocenters. The zero-order valence-electron chi connectivity index (χ0n) is 11.9.